The van der Waals surface area contributed by atoms with Crippen LogP contribution in [0.15, 0.2) is 0 Å². The van der Waals surface area contributed by atoms with Gasteiger partial charge < -0.3 is 4.43 Å². The summed E-state index contributed by atoms with van der Waals surface area (Å²) in [4.78, 5) is 0. The van der Waals surface area contributed by atoms with E-state index in [1.165, 1.54) is 12.8 Å². The molecule has 182 valence electrons. The van der Waals surface area contributed by atoms with Crippen molar-refractivity contribution in [2.75, 3.05) is 0 Å². The molecule has 0 saturated carbocycles. The van der Waals surface area contributed by atoms with E-state index in [0.29, 0.717) is 15.9 Å². The van der Waals surface area contributed by atoms with E-state index in [9.17, 15) is 0 Å². The van der Waals surface area contributed by atoms with Gasteiger partial charge in [-0.25, -0.2) is 0 Å². The van der Waals surface area contributed by atoms with E-state index >= 15 is 0 Å². The third kappa shape index (κ3) is 6.47. The topological polar surface area (TPSA) is 9.23 Å². The fourth-order valence-electron chi connectivity index (χ4n) is 5.96. The molecule has 30 heavy (non-hydrogen) atoms. The monoisotopic (exact) mass is 456 g/mol. The summed E-state index contributed by atoms with van der Waals surface area (Å²) >= 11 is 0. The summed E-state index contributed by atoms with van der Waals surface area (Å²) in [6.07, 6.45) is 3.57. The van der Waals surface area contributed by atoms with Crippen LogP contribution in [0.4, 0.5) is 0 Å². The van der Waals surface area contributed by atoms with Crippen molar-refractivity contribution in [3.05, 3.63) is 0 Å². The average molecular weight is 457 g/mol. The fourth-order valence-corrected chi connectivity index (χ4v) is 14.3. The van der Waals surface area contributed by atoms with Gasteiger partial charge in [-0.2, -0.15) is 0 Å². The van der Waals surface area contributed by atoms with Crippen LogP contribution in [0.5, 0.6) is 0 Å². The molecule has 0 aromatic carbocycles. The second kappa shape index (κ2) is 8.63. The lowest BCUT2D eigenvalue weighted by molar-refractivity contribution is 0.0938. The Balaban J connectivity index is 6.20. The molecule has 3 heteroatoms. The SMILES string of the molecule is CCC(C)(O[Si](C)(C)C(C)(C)C(C)(C)CC(C)(C)C)[Si](C)(C)C(C)(C)CC(C)(C)C. The van der Waals surface area contributed by atoms with Crippen LogP contribution in [0.1, 0.15) is 116 Å². The lowest BCUT2D eigenvalue weighted by atomic mass is 9.69. The number of hydrogen-bond acceptors (Lipinski definition) is 1. The average Bonchev–Trinajstić information content (AvgIpc) is 2.40. The maximum atomic E-state index is 7.51. The highest BCUT2D eigenvalue weighted by Crippen LogP contribution is 2.59. The third-order valence-corrected chi connectivity index (χ3v) is 20.8. The van der Waals surface area contributed by atoms with Crippen LogP contribution in [0, 0.1) is 16.2 Å². The second-order valence-corrected chi connectivity index (χ2v) is 25.8. The van der Waals surface area contributed by atoms with E-state index in [1.54, 1.807) is 0 Å². The zero-order chi connectivity index (χ0) is 24.8. The van der Waals surface area contributed by atoms with Crippen LogP contribution in [-0.4, -0.2) is 21.6 Å². The van der Waals surface area contributed by atoms with Gasteiger partial charge in [0.1, 0.15) is 0 Å². The zero-order valence-electron chi connectivity index (χ0n) is 24.5. The van der Waals surface area contributed by atoms with Gasteiger partial charge in [-0.3, -0.25) is 0 Å². The molecule has 0 aliphatic heterocycles. The van der Waals surface area contributed by atoms with Crippen molar-refractivity contribution < 1.29 is 4.43 Å². The molecule has 1 nitrogen and oxygen atoms in total. The molecule has 1 unspecified atom stereocenters. The van der Waals surface area contributed by atoms with E-state index in [4.69, 9.17) is 4.43 Å². The third-order valence-electron chi connectivity index (χ3n) is 9.31. The van der Waals surface area contributed by atoms with E-state index in [0.717, 1.165) is 6.42 Å². The van der Waals surface area contributed by atoms with E-state index in [-0.39, 0.29) is 15.7 Å². The molecule has 0 aliphatic carbocycles. The molecule has 1 atom stereocenters. The Morgan fingerprint density at radius 2 is 0.967 bits per heavy atom. The molecular formula is C27H60OSi2. The smallest absolute Gasteiger partial charge is 0.193 e. The van der Waals surface area contributed by atoms with Crippen LogP contribution in [-0.2, 0) is 4.43 Å². The largest absolute Gasteiger partial charge is 0.414 e. The Labute approximate surface area is 194 Å². The van der Waals surface area contributed by atoms with Gasteiger partial charge in [0, 0.05) is 5.22 Å². The lowest BCUT2D eigenvalue weighted by Crippen LogP contribution is -2.65. The van der Waals surface area contributed by atoms with Gasteiger partial charge in [0.05, 0.1) is 8.07 Å². The van der Waals surface area contributed by atoms with Crippen molar-refractivity contribution in [2.24, 2.45) is 16.2 Å². The molecule has 0 fully saturated rings. The summed E-state index contributed by atoms with van der Waals surface area (Å²) in [7, 11) is -3.81. The van der Waals surface area contributed by atoms with E-state index in [1.807, 2.05) is 0 Å². The van der Waals surface area contributed by atoms with Gasteiger partial charge in [0.2, 0.25) is 0 Å². The van der Waals surface area contributed by atoms with E-state index in [2.05, 4.69) is 123 Å². The molecule has 0 bridgehead atoms. The van der Waals surface area contributed by atoms with Crippen molar-refractivity contribution in [3.8, 4) is 0 Å². The minimum Gasteiger partial charge on any atom is -0.414 e. The van der Waals surface area contributed by atoms with Crippen LogP contribution >= 0.6 is 0 Å². The summed E-state index contributed by atoms with van der Waals surface area (Å²) in [5, 5.41) is 0.459. The predicted octanol–water partition coefficient (Wildman–Crippen LogP) is 10.1. The van der Waals surface area contributed by atoms with Crippen LogP contribution in [0.25, 0.3) is 0 Å². The van der Waals surface area contributed by atoms with Gasteiger partial charge >= 0.3 is 0 Å². The number of hydrogen-bond donors (Lipinski definition) is 0. The van der Waals surface area contributed by atoms with Crippen molar-refractivity contribution in [1.29, 1.82) is 0 Å². The molecule has 0 aromatic rings. The minimum atomic E-state index is -2.04. The Morgan fingerprint density at radius 3 is 1.27 bits per heavy atom. The summed E-state index contributed by atoms with van der Waals surface area (Å²) in [6.45, 7) is 44.3. The van der Waals surface area contributed by atoms with Crippen LogP contribution in [0.3, 0.4) is 0 Å². The van der Waals surface area contributed by atoms with Gasteiger partial charge in [0.15, 0.2) is 8.32 Å². The first-order chi connectivity index (χ1) is 12.7. The Morgan fingerprint density at radius 1 is 0.600 bits per heavy atom. The van der Waals surface area contributed by atoms with E-state index < -0.39 is 16.4 Å². The van der Waals surface area contributed by atoms with Crippen molar-refractivity contribution in [2.45, 2.75) is 158 Å². The quantitative estimate of drug-likeness (QED) is 0.313. The van der Waals surface area contributed by atoms with Crippen molar-refractivity contribution in [1.82, 2.24) is 0 Å². The molecule has 0 N–H and O–H groups in total. The molecule has 0 spiro atoms. The molecule has 0 amide bonds. The molecule has 0 radical (unpaired) electrons. The summed E-state index contributed by atoms with van der Waals surface area (Å²) in [6, 6.07) is 0. The Kier molecular flexibility index (Phi) is 8.75. The normalized spacial score (nSPS) is 17.8. The molecule has 0 aromatic heterocycles. The maximum absolute atomic E-state index is 7.51. The van der Waals surface area contributed by atoms with Gasteiger partial charge in [0.25, 0.3) is 0 Å². The summed E-state index contributed by atoms with van der Waals surface area (Å²) in [5.74, 6) is 0. The van der Waals surface area contributed by atoms with Gasteiger partial charge in [-0.15, -0.1) is 0 Å². The first kappa shape index (κ1) is 30.4. The first-order valence-corrected chi connectivity index (χ1v) is 18.3. The molecular weight excluding hydrogens is 396 g/mol. The van der Waals surface area contributed by atoms with Crippen LogP contribution < -0.4 is 0 Å². The second-order valence-electron chi connectivity index (χ2n) is 15.7. The van der Waals surface area contributed by atoms with Crippen molar-refractivity contribution in [3.63, 3.8) is 0 Å². The Bertz CT molecular complexity index is 571. The zero-order valence-corrected chi connectivity index (χ0v) is 26.5. The minimum absolute atomic E-state index is 0.0213. The van der Waals surface area contributed by atoms with Gasteiger partial charge in [-0.1, -0.05) is 103 Å². The van der Waals surface area contributed by atoms with Gasteiger partial charge in [-0.05, 0) is 65.6 Å². The standard InChI is InChI=1S/C27H60OSi2/c1-19-27(14,29(15,16)25(10,11)21-23(5,6)7)28-30(17,18)26(12,13)24(8,9)20-22(2,3)4/h19-21H2,1-18H3. The maximum Gasteiger partial charge on any atom is 0.193 e. The van der Waals surface area contributed by atoms with Crippen LogP contribution in [0.2, 0.25) is 36.3 Å². The van der Waals surface area contributed by atoms with Crippen molar-refractivity contribution >= 4 is 16.4 Å². The Hall–Kier alpha value is 0.394. The summed E-state index contributed by atoms with van der Waals surface area (Å²) < 4.78 is 7.51. The predicted molar refractivity (Wildman–Crippen MR) is 145 cm³/mol. The lowest BCUT2D eigenvalue weighted by Gasteiger charge is -2.59. The first-order valence-electron chi connectivity index (χ1n) is 12.4. The fraction of sp³-hybridized carbons (Fsp3) is 1.00. The molecule has 0 saturated heterocycles. The highest BCUT2D eigenvalue weighted by atomic mass is 28.4. The highest BCUT2D eigenvalue weighted by Gasteiger charge is 2.59. The summed E-state index contributed by atoms with van der Waals surface area (Å²) in [5.41, 5.74) is 0.883. The number of rotatable bonds is 9. The molecule has 0 heterocycles. The molecule has 0 rings (SSSR count). The highest BCUT2D eigenvalue weighted by molar-refractivity contribution is 6.84. The molecule has 0 aliphatic rings.